The fourth-order valence-electron chi connectivity index (χ4n) is 1.07. The number of carbonyl (C=O) groups excluding carboxylic acids is 1. The van der Waals surface area contributed by atoms with Gasteiger partial charge in [0.1, 0.15) is 0 Å². The van der Waals surface area contributed by atoms with Crippen LogP contribution < -0.4 is 4.74 Å². The molecule has 0 aliphatic rings. The molecule has 14 heavy (non-hydrogen) atoms. The van der Waals surface area contributed by atoms with E-state index in [1.54, 1.807) is 13.8 Å². The molecule has 0 saturated heterocycles. The van der Waals surface area contributed by atoms with Crippen molar-refractivity contribution in [1.29, 1.82) is 0 Å². The van der Waals surface area contributed by atoms with E-state index in [1.807, 2.05) is 0 Å². The van der Waals surface area contributed by atoms with Gasteiger partial charge in [-0.3, -0.25) is 4.79 Å². The van der Waals surface area contributed by atoms with Crippen molar-refractivity contribution in [3.8, 4) is 5.75 Å². The Morgan fingerprint density at radius 1 is 1.43 bits per heavy atom. The van der Waals surface area contributed by atoms with E-state index in [1.165, 1.54) is 25.1 Å². The normalized spacial score (nSPS) is 10.4. The quantitative estimate of drug-likeness (QED) is 0.695. The number of benzene rings is 1. The van der Waals surface area contributed by atoms with Crippen molar-refractivity contribution in [2.24, 2.45) is 0 Å². The second kappa shape index (κ2) is 4.22. The molecule has 0 N–H and O–H groups in total. The molecule has 2 nitrogen and oxygen atoms in total. The minimum Gasteiger partial charge on any atom is -0.488 e. The van der Waals surface area contributed by atoms with E-state index in [2.05, 4.69) is 0 Å². The van der Waals surface area contributed by atoms with Gasteiger partial charge in [0.2, 0.25) is 0 Å². The number of hydrogen-bond donors (Lipinski definition) is 0. The zero-order valence-corrected chi connectivity index (χ0v) is 8.50. The van der Waals surface area contributed by atoms with Gasteiger partial charge < -0.3 is 4.74 Å². The minimum atomic E-state index is -0.441. The van der Waals surface area contributed by atoms with E-state index in [-0.39, 0.29) is 17.6 Å². The maximum atomic E-state index is 13.2. The smallest absolute Gasteiger partial charge is 0.165 e. The van der Waals surface area contributed by atoms with Gasteiger partial charge in [-0.25, -0.2) is 4.39 Å². The molecule has 0 unspecified atom stereocenters. The molecule has 0 saturated carbocycles. The third kappa shape index (κ3) is 2.55. The summed E-state index contributed by atoms with van der Waals surface area (Å²) in [5.74, 6) is -0.407. The van der Waals surface area contributed by atoms with Crippen LogP contribution in [0, 0.1) is 5.82 Å². The lowest BCUT2D eigenvalue weighted by molar-refractivity contribution is 0.101. The Morgan fingerprint density at radius 3 is 2.57 bits per heavy atom. The number of hydrogen-bond acceptors (Lipinski definition) is 2. The highest BCUT2D eigenvalue weighted by Crippen LogP contribution is 2.20. The van der Waals surface area contributed by atoms with E-state index >= 15 is 0 Å². The van der Waals surface area contributed by atoms with Crippen molar-refractivity contribution in [3.05, 3.63) is 29.6 Å². The molecule has 0 bridgehead atoms. The molecule has 1 aromatic rings. The van der Waals surface area contributed by atoms with Gasteiger partial charge in [0, 0.05) is 5.56 Å². The lowest BCUT2D eigenvalue weighted by atomic mass is 10.1. The van der Waals surface area contributed by atoms with Gasteiger partial charge in [-0.15, -0.1) is 0 Å². The predicted molar refractivity (Wildman–Crippen MR) is 52.2 cm³/mol. The van der Waals surface area contributed by atoms with Gasteiger partial charge in [-0.05, 0) is 39.0 Å². The van der Waals surface area contributed by atoms with Crippen LogP contribution in [0.25, 0.3) is 0 Å². The van der Waals surface area contributed by atoms with Crippen molar-refractivity contribution in [1.82, 2.24) is 0 Å². The van der Waals surface area contributed by atoms with Crippen molar-refractivity contribution in [2.75, 3.05) is 0 Å². The zero-order valence-electron chi connectivity index (χ0n) is 8.50. The lowest BCUT2D eigenvalue weighted by Gasteiger charge is -2.10. The molecular weight excluding hydrogens is 183 g/mol. The second-order valence-corrected chi connectivity index (χ2v) is 3.37. The Hall–Kier alpha value is -1.38. The Balaban J connectivity index is 3.02. The summed E-state index contributed by atoms with van der Waals surface area (Å²) in [6, 6.07) is 4.12. The number of halogens is 1. The van der Waals surface area contributed by atoms with Crippen LogP contribution in [-0.4, -0.2) is 11.9 Å². The molecule has 0 atom stereocenters. The third-order valence-corrected chi connectivity index (χ3v) is 1.70. The van der Waals surface area contributed by atoms with E-state index < -0.39 is 5.82 Å². The summed E-state index contributed by atoms with van der Waals surface area (Å²) >= 11 is 0. The topological polar surface area (TPSA) is 26.3 Å². The predicted octanol–water partition coefficient (Wildman–Crippen LogP) is 2.82. The average Bonchev–Trinajstić information content (AvgIpc) is 2.07. The first kappa shape index (κ1) is 10.7. The Morgan fingerprint density at radius 2 is 2.07 bits per heavy atom. The number of rotatable bonds is 3. The van der Waals surface area contributed by atoms with Gasteiger partial charge in [0.15, 0.2) is 17.3 Å². The van der Waals surface area contributed by atoms with Crippen LogP contribution in [0.4, 0.5) is 4.39 Å². The number of ether oxygens (including phenoxy) is 1. The van der Waals surface area contributed by atoms with Crippen LogP contribution in [0.15, 0.2) is 18.2 Å². The molecule has 0 radical (unpaired) electrons. The Kier molecular flexibility index (Phi) is 3.23. The van der Waals surface area contributed by atoms with Crippen LogP contribution in [0.3, 0.4) is 0 Å². The molecule has 0 aliphatic heterocycles. The van der Waals surface area contributed by atoms with Crippen LogP contribution in [-0.2, 0) is 0 Å². The van der Waals surface area contributed by atoms with E-state index in [9.17, 15) is 9.18 Å². The van der Waals surface area contributed by atoms with Gasteiger partial charge in [-0.1, -0.05) is 0 Å². The molecule has 3 heteroatoms. The van der Waals surface area contributed by atoms with Crippen LogP contribution in [0.1, 0.15) is 31.1 Å². The Bertz CT molecular complexity index is 345. The molecule has 1 rings (SSSR count). The first-order chi connectivity index (χ1) is 6.50. The van der Waals surface area contributed by atoms with Crippen molar-refractivity contribution in [3.63, 3.8) is 0 Å². The molecule has 76 valence electrons. The van der Waals surface area contributed by atoms with Gasteiger partial charge in [0.25, 0.3) is 0 Å². The first-order valence-corrected chi connectivity index (χ1v) is 4.48. The van der Waals surface area contributed by atoms with Crippen molar-refractivity contribution >= 4 is 5.78 Å². The van der Waals surface area contributed by atoms with Crippen molar-refractivity contribution < 1.29 is 13.9 Å². The molecule has 1 aromatic carbocycles. The number of Topliss-reactive ketones (excluding diaryl/α,β-unsaturated/α-hetero) is 1. The van der Waals surface area contributed by atoms with E-state index in [0.717, 1.165) is 0 Å². The lowest BCUT2D eigenvalue weighted by Crippen LogP contribution is -2.07. The van der Waals surface area contributed by atoms with Crippen LogP contribution in [0.2, 0.25) is 0 Å². The highest BCUT2D eigenvalue weighted by molar-refractivity contribution is 5.94. The van der Waals surface area contributed by atoms with Gasteiger partial charge in [0.05, 0.1) is 6.10 Å². The fraction of sp³-hybridized carbons (Fsp3) is 0.364. The molecular formula is C11H13FO2. The molecule has 0 aliphatic carbocycles. The Labute approximate surface area is 82.7 Å². The van der Waals surface area contributed by atoms with Gasteiger partial charge in [-0.2, -0.15) is 0 Å². The maximum absolute atomic E-state index is 13.2. The molecule has 0 spiro atoms. The van der Waals surface area contributed by atoms with Crippen molar-refractivity contribution in [2.45, 2.75) is 26.9 Å². The maximum Gasteiger partial charge on any atom is 0.165 e. The van der Waals surface area contributed by atoms with Crippen LogP contribution in [0.5, 0.6) is 5.75 Å². The van der Waals surface area contributed by atoms with E-state index in [4.69, 9.17) is 4.74 Å². The van der Waals surface area contributed by atoms with Gasteiger partial charge >= 0.3 is 0 Å². The summed E-state index contributed by atoms with van der Waals surface area (Å²) in [5, 5.41) is 0. The number of carbonyl (C=O) groups is 1. The monoisotopic (exact) mass is 196 g/mol. The fourth-order valence-corrected chi connectivity index (χ4v) is 1.07. The third-order valence-electron chi connectivity index (χ3n) is 1.70. The standard InChI is InChI=1S/C11H13FO2/c1-7(2)14-11-6-9(8(3)13)4-5-10(11)12/h4-7H,1-3H3. The molecule has 0 heterocycles. The summed E-state index contributed by atoms with van der Waals surface area (Å²) in [5.41, 5.74) is 0.460. The number of ketones is 1. The summed E-state index contributed by atoms with van der Waals surface area (Å²) < 4.78 is 18.4. The first-order valence-electron chi connectivity index (χ1n) is 4.48. The highest BCUT2D eigenvalue weighted by atomic mass is 19.1. The second-order valence-electron chi connectivity index (χ2n) is 3.37. The summed E-state index contributed by atoms with van der Waals surface area (Å²) in [7, 11) is 0. The molecule has 0 fully saturated rings. The summed E-state index contributed by atoms with van der Waals surface area (Å²) in [6.07, 6.45) is -0.105. The summed E-state index contributed by atoms with van der Waals surface area (Å²) in [6.45, 7) is 5.05. The molecule has 0 amide bonds. The zero-order chi connectivity index (χ0) is 10.7. The summed E-state index contributed by atoms with van der Waals surface area (Å²) in [4.78, 5) is 11.0. The minimum absolute atomic E-state index is 0.0985. The average molecular weight is 196 g/mol. The molecule has 0 aromatic heterocycles. The largest absolute Gasteiger partial charge is 0.488 e. The van der Waals surface area contributed by atoms with Crippen LogP contribution >= 0.6 is 0 Å². The highest BCUT2D eigenvalue weighted by Gasteiger charge is 2.08. The van der Waals surface area contributed by atoms with E-state index in [0.29, 0.717) is 5.56 Å². The SMILES string of the molecule is CC(=O)c1ccc(F)c(OC(C)C)c1.